The second-order valence-corrected chi connectivity index (χ2v) is 4.78. The summed E-state index contributed by atoms with van der Waals surface area (Å²) in [6.07, 6.45) is 0. The minimum absolute atomic E-state index is 0.0581. The Balaban J connectivity index is 3.00. The summed E-state index contributed by atoms with van der Waals surface area (Å²) in [4.78, 5) is 32.6. The van der Waals surface area contributed by atoms with Crippen LogP contribution < -0.4 is 5.32 Å². The molecule has 0 saturated carbocycles. The van der Waals surface area contributed by atoms with E-state index in [0.717, 1.165) is 0 Å². The van der Waals surface area contributed by atoms with Gasteiger partial charge in [0.05, 0.1) is 10.6 Å². The molecule has 0 aliphatic heterocycles. The Morgan fingerprint density at radius 2 is 1.90 bits per heavy atom. The van der Waals surface area contributed by atoms with Gasteiger partial charge in [0.15, 0.2) is 0 Å². The second-order valence-electron chi connectivity index (χ2n) is 3.93. The van der Waals surface area contributed by atoms with Crippen LogP contribution in [0.2, 0.25) is 0 Å². The third-order valence-electron chi connectivity index (χ3n) is 2.64. The number of nitro benzene ring substituents is 1. The maximum absolute atomic E-state index is 11.8. The van der Waals surface area contributed by atoms with Gasteiger partial charge in [-0.25, -0.2) is 4.79 Å². The fourth-order valence-corrected chi connectivity index (χ4v) is 1.73. The van der Waals surface area contributed by atoms with E-state index in [2.05, 4.69) is 21.2 Å². The Labute approximate surface area is 122 Å². The minimum atomic E-state index is -1.18. The number of non-ortho nitro benzene ring substituents is 1. The molecule has 0 unspecified atom stereocenters. The van der Waals surface area contributed by atoms with Gasteiger partial charge in [-0.3, -0.25) is 14.9 Å². The fraction of sp³-hybridized carbons (Fsp3) is 0.167. The Hall–Kier alpha value is -2.22. The standard InChI is InChI=1S/C12H11BrN2O5/c1-6(7(2)12(17)18)11(16)14-10-4-3-8(15(19)20)5-9(10)13/h3-5H,1-2H3,(H,14,16)(H,17,18). The molecule has 1 aromatic carbocycles. The molecule has 0 saturated heterocycles. The van der Waals surface area contributed by atoms with Crippen LogP contribution in [0, 0.1) is 10.1 Å². The van der Waals surface area contributed by atoms with Crippen LogP contribution in [0.4, 0.5) is 11.4 Å². The van der Waals surface area contributed by atoms with Gasteiger partial charge in [0, 0.05) is 27.8 Å². The van der Waals surface area contributed by atoms with Crippen molar-refractivity contribution in [1.29, 1.82) is 0 Å². The first kappa shape index (κ1) is 15.8. The molecule has 0 aliphatic carbocycles. The van der Waals surface area contributed by atoms with Gasteiger partial charge in [-0.15, -0.1) is 0 Å². The van der Waals surface area contributed by atoms with Crippen LogP contribution in [0.15, 0.2) is 33.8 Å². The Kier molecular flexibility index (Phi) is 4.98. The summed E-state index contributed by atoms with van der Waals surface area (Å²) in [5, 5.41) is 21.9. The maximum Gasteiger partial charge on any atom is 0.331 e. The fourth-order valence-electron chi connectivity index (χ4n) is 1.27. The third kappa shape index (κ3) is 3.64. The molecule has 1 aromatic rings. The summed E-state index contributed by atoms with van der Waals surface area (Å²) in [7, 11) is 0. The van der Waals surface area contributed by atoms with Gasteiger partial charge in [-0.05, 0) is 35.8 Å². The zero-order chi connectivity index (χ0) is 15.4. The number of anilines is 1. The van der Waals surface area contributed by atoms with Crippen LogP contribution in [0.5, 0.6) is 0 Å². The lowest BCUT2D eigenvalue weighted by molar-refractivity contribution is -0.384. The molecule has 8 heteroatoms. The molecular weight excluding hydrogens is 332 g/mol. The molecule has 1 amide bonds. The monoisotopic (exact) mass is 342 g/mol. The summed E-state index contributed by atoms with van der Waals surface area (Å²) < 4.78 is 0.334. The lowest BCUT2D eigenvalue weighted by Gasteiger charge is -2.08. The highest BCUT2D eigenvalue weighted by atomic mass is 79.9. The van der Waals surface area contributed by atoms with Gasteiger partial charge in [-0.1, -0.05) is 0 Å². The van der Waals surface area contributed by atoms with Crippen LogP contribution in [0.3, 0.4) is 0 Å². The van der Waals surface area contributed by atoms with E-state index in [1.165, 1.54) is 32.0 Å². The highest BCUT2D eigenvalue weighted by Gasteiger charge is 2.15. The number of rotatable bonds is 4. The third-order valence-corrected chi connectivity index (χ3v) is 3.29. The summed E-state index contributed by atoms with van der Waals surface area (Å²) in [5.41, 5.74) is 0.185. The molecule has 7 nitrogen and oxygen atoms in total. The van der Waals surface area contributed by atoms with Crippen molar-refractivity contribution in [1.82, 2.24) is 0 Å². The van der Waals surface area contributed by atoms with E-state index in [1.54, 1.807) is 0 Å². The van der Waals surface area contributed by atoms with Crippen molar-refractivity contribution in [3.63, 3.8) is 0 Å². The molecule has 0 aliphatic rings. The van der Waals surface area contributed by atoms with Crippen molar-refractivity contribution in [2.75, 3.05) is 5.32 Å². The molecule has 0 radical (unpaired) electrons. The molecule has 0 heterocycles. The number of benzene rings is 1. The molecular formula is C12H11BrN2O5. The van der Waals surface area contributed by atoms with Gasteiger partial charge < -0.3 is 10.4 Å². The summed E-state index contributed by atoms with van der Waals surface area (Å²) >= 11 is 3.11. The average molecular weight is 343 g/mol. The number of nitrogens with zero attached hydrogens (tertiary/aromatic N) is 1. The highest BCUT2D eigenvalue weighted by molar-refractivity contribution is 9.10. The van der Waals surface area contributed by atoms with Crippen molar-refractivity contribution < 1.29 is 19.6 Å². The van der Waals surface area contributed by atoms with Crippen LogP contribution in [0.1, 0.15) is 13.8 Å². The Morgan fingerprint density at radius 3 is 2.35 bits per heavy atom. The molecule has 0 bridgehead atoms. The van der Waals surface area contributed by atoms with Crippen molar-refractivity contribution >= 4 is 39.2 Å². The summed E-state index contributed by atoms with van der Waals surface area (Å²) in [6, 6.07) is 3.85. The predicted octanol–water partition coefficient (Wildman–Crippen LogP) is 2.72. The van der Waals surface area contributed by atoms with E-state index < -0.39 is 16.8 Å². The van der Waals surface area contributed by atoms with Gasteiger partial charge in [0.2, 0.25) is 0 Å². The summed E-state index contributed by atoms with van der Waals surface area (Å²) in [5.74, 6) is -1.76. The number of carboxylic acid groups (broad SMARTS) is 1. The lowest BCUT2D eigenvalue weighted by atomic mass is 10.1. The first-order chi connectivity index (χ1) is 9.23. The quantitative estimate of drug-likeness (QED) is 0.496. The van der Waals surface area contributed by atoms with Crippen molar-refractivity contribution in [3.8, 4) is 0 Å². The molecule has 0 fully saturated rings. The molecule has 0 atom stereocenters. The van der Waals surface area contributed by atoms with Crippen molar-refractivity contribution in [2.45, 2.75) is 13.8 Å². The van der Waals surface area contributed by atoms with E-state index in [-0.39, 0.29) is 16.8 Å². The van der Waals surface area contributed by atoms with Crippen molar-refractivity contribution in [3.05, 3.63) is 43.9 Å². The molecule has 1 rings (SSSR count). The molecule has 20 heavy (non-hydrogen) atoms. The van der Waals surface area contributed by atoms with Crippen LogP contribution >= 0.6 is 15.9 Å². The molecule has 106 valence electrons. The van der Waals surface area contributed by atoms with E-state index in [1.807, 2.05) is 0 Å². The van der Waals surface area contributed by atoms with Crippen LogP contribution in [0.25, 0.3) is 0 Å². The maximum atomic E-state index is 11.8. The van der Waals surface area contributed by atoms with E-state index in [4.69, 9.17) is 5.11 Å². The first-order valence-electron chi connectivity index (χ1n) is 5.40. The van der Waals surface area contributed by atoms with E-state index >= 15 is 0 Å². The summed E-state index contributed by atoms with van der Waals surface area (Å²) in [6.45, 7) is 2.71. The molecule has 0 spiro atoms. The number of amides is 1. The average Bonchev–Trinajstić information content (AvgIpc) is 2.38. The zero-order valence-corrected chi connectivity index (χ0v) is 12.2. The SMILES string of the molecule is CC(C(=O)O)=C(C)C(=O)Nc1ccc([N+](=O)[O-])cc1Br. The van der Waals surface area contributed by atoms with Gasteiger partial charge in [-0.2, -0.15) is 0 Å². The first-order valence-corrected chi connectivity index (χ1v) is 6.19. The topological polar surface area (TPSA) is 110 Å². The predicted molar refractivity (Wildman–Crippen MR) is 75.4 cm³/mol. The van der Waals surface area contributed by atoms with E-state index in [9.17, 15) is 19.7 Å². The highest BCUT2D eigenvalue weighted by Crippen LogP contribution is 2.27. The minimum Gasteiger partial charge on any atom is -0.478 e. The number of nitrogens with one attached hydrogen (secondary N) is 1. The number of hydrogen-bond donors (Lipinski definition) is 2. The normalized spacial score (nSPS) is 11.6. The number of carboxylic acids is 1. The lowest BCUT2D eigenvalue weighted by Crippen LogP contribution is -2.16. The Morgan fingerprint density at radius 1 is 1.30 bits per heavy atom. The number of carbonyl (C=O) groups excluding carboxylic acids is 1. The molecule has 2 N–H and O–H groups in total. The zero-order valence-electron chi connectivity index (χ0n) is 10.6. The second kappa shape index (κ2) is 6.29. The number of nitro groups is 1. The van der Waals surface area contributed by atoms with Crippen LogP contribution in [-0.2, 0) is 9.59 Å². The van der Waals surface area contributed by atoms with Gasteiger partial charge >= 0.3 is 5.97 Å². The van der Waals surface area contributed by atoms with Gasteiger partial charge in [0.1, 0.15) is 0 Å². The number of halogens is 1. The van der Waals surface area contributed by atoms with Crippen molar-refractivity contribution in [2.24, 2.45) is 0 Å². The number of aliphatic carboxylic acids is 1. The molecule has 0 aromatic heterocycles. The van der Waals surface area contributed by atoms with Crippen LogP contribution in [-0.4, -0.2) is 21.9 Å². The largest absolute Gasteiger partial charge is 0.478 e. The number of carbonyl (C=O) groups is 2. The van der Waals surface area contributed by atoms with E-state index in [0.29, 0.717) is 10.2 Å². The Bertz CT molecular complexity index is 624. The number of hydrogen-bond acceptors (Lipinski definition) is 4. The van der Waals surface area contributed by atoms with Gasteiger partial charge in [0.25, 0.3) is 11.6 Å². The smallest absolute Gasteiger partial charge is 0.331 e.